The predicted octanol–water partition coefficient (Wildman–Crippen LogP) is 3.47. The third-order valence-corrected chi connectivity index (χ3v) is 2.79. The molecule has 6 heteroatoms. The highest BCUT2D eigenvalue weighted by atomic mass is 19.4. The molecule has 0 heterocycles. The number of amides is 1. The van der Waals surface area contributed by atoms with Crippen LogP contribution in [0.5, 0.6) is 0 Å². The normalized spacial score (nSPS) is 11.8. The zero-order chi connectivity index (χ0) is 15.9. The van der Waals surface area contributed by atoms with Gasteiger partial charge in [0.25, 0.3) is 0 Å². The van der Waals surface area contributed by atoms with Gasteiger partial charge in [-0.05, 0) is 30.2 Å². The topological polar surface area (TPSA) is 46.3 Å². The number of nitrogen functional groups attached to an aromatic ring is 1. The van der Waals surface area contributed by atoms with Gasteiger partial charge in [0.05, 0.1) is 0 Å². The van der Waals surface area contributed by atoms with Gasteiger partial charge in [-0.1, -0.05) is 25.5 Å². The van der Waals surface area contributed by atoms with Crippen molar-refractivity contribution in [3.63, 3.8) is 0 Å². The van der Waals surface area contributed by atoms with Crippen molar-refractivity contribution in [2.75, 3.05) is 18.8 Å². The van der Waals surface area contributed by atoms with Gasteiger partial charge in [0.1, 0.15) is 6.54 Å². The Kier molecular flexibility index (Phi) is 6.27. The van der Waals surface area contributed by atoms with Crippen LogP contribution in [0, 0.1) is 0 Å². The Morgan fingerprint density at radius 3 is 2.67 bits per heavy atom. The summed E-state index contributed by atoms with van der Waals surface area (Å²) in [5.41, 5.74) is 6.80. The van der Waals surface area contributed by atoms with Gasteiger partial charge in [-0.25, -0.2) is 0 Å². The van der Waals surface area contributed by atoms with Gasteiger partial charge >= 0.3 is 6.18 Å². The van der Waals surface area contributed by atoms with Crippen LogP contribution in [0.2, 0.25) is 0 Å². The SMILES string of the molecule is CCCCN(CC(F)(F)F)C(=O)/C=C/c1cccc(N)c1. The summed E-state index contributed by atoms with van der Waals surface area (Å²) < 4.78 is 37.4. The highest BCUT2D eigenvalue weighted by Gasteiger charge is 2.32. The standard InChI is InChI=1S/C15H19F3N2O/c1-2-3-9-20(11-15(16,17)18)14(21)8-7-12-5-4-6-13(19)10-12/h4-8,10H,2-3,9,11,19H2,1H3/b8-7+. The van der Waals surface area contributed by atoms with Crippen LogP contribution >= 0.6 is 0 Å². The van der Waals surface area contributed by atoms with Crippen molar-refractivity contribution in [1.82, 2.24) is 4.90 Å². The molecule has 0 unspecified atom stereocenters. The number of alkyl halides is 3. The minimum Gasteiger partial charge on any atom is -0.399 e. The van der Waals surface area contributed by atoms with E-state index in [0.717, 1.165) is 17.4 Å². The first-order chi connectivity index (χ1) is 9.81. The second-order valence-electron chi connectivity index (χ2n) is 4.73. The molecule has 0 fully saturated rings. The number of nitrogens with two attached hydrogens (primary N) is 1. The van der Waals surface area contributed by atoms with Crippen LogP contribution in [0.25, 0.3) is 6.08 Å². The highest BCUT2D eigenvalue weighted by molar-refractivity contribution is 5.91. The van der Waals surface area contributed by atoms with Crippen LogP contribution in [0.1, 0.15) is 25.3 Å². The quantitative estimate of drug-likeness (QED) is 0.646. The average molecular weight is 300 g/mol. The molecule has 0 aliphatic carbocycles. The fourth-order valence-corrected chi connectivity index (χ4v) is 1.77. The Balaban J connectivity index is 2.75. The summed E-state index contributed by atoms with van der Waals surface area (Å²) >= 11 is 0. The molecule has 1 aromatic carbocycles. The Morgan fingerprint density at radius 1 is 1.38 bits per heavy atom. The van der Waals surface area contributed by atoms with Gasteiger partial charge in [0.2, 0.25) is 5.91 Å². The molecule has 1 rings (SSSR count). The highest BCUT2D eigenvalue weighted by Crippen LogP contribution is 2.17. The number of hydrogen-bond acceptors (Lipinski definition) is 2. The first-order valence-corrected chi connectivity index (χ1v) is 6.71. The third-order valence-electron chi connectivity index (χ3n) is 2.79. The average Bonchev–Trinajstić information content (AvgIpc) is 2.39. The Hall–Kier alpha value is -1.98. The van der Waals surface area contributed by atoms with E-state index < -0.39 is 18.6 Å². The second-order valence-corrected chi connectivity index (χ2v) is 4.73. The molecule has 0 aliphatic rings. The van der Waals surface area contributed by atoms with Gasteiger partial charge in [-0.2, -0.15) is 13.2 Å². The van der Waals surface area contributed by atoms with Gasteiger partial charge in [0, 0.05) is 18.3 Å². The molecule has 0 aromatic heterocycles. The fourth-order valence-electron chi connectivity index (χ4n) is 1.77. The maximum Gasteiger partial charge on any atom is 0.406 e. The molecule has 0 saturated carbocycles. The molecule has 21 heavy (non-hydrogen) atoms. The van der Waals surface area contributed by atoms with Crippen LogP contribution in [0.4, 0.5) is 18.9 Å². The third kappa shape index (κ3) is 6.83. The van der Waals surface area contributed by atoms with E-state index in [1.54, 1.807) is 24.3 Å². The molecule has 0 bridgehead atoms. The second kappa shape index (κ2) is 7.71. The van der Waals surface area contributed by atoms with Crippen molar-refractivity contribution in [2.45, 2.75) is 25.9 Å². The minimum absolute atomic E-state index is 0.0934. The molecule has 1 aromatic rings. The van der Waals surface area contributed by atoms with E-state index in [1.165, 1.54) is 6.08 Å². The molecule has 0 aliphatic heterocycles. The van der Waals surface area contributed by atoms with E-state index >= 15 is 0 Å². The number of carbonyl (C=O) groups excluding carboxylic acids is 1. The Bertz CT molecular complexity index is 498. The molecule has 3 nitrogen and oxygen atoms in total. The summed E-state index contributed by atoms with van der Waals surface area (Å²) in [6, 6.07) is 6.77. The van der Waals surface area contributed by atoms with E-state index in [0.29, 0.717) is 17.7 Å². The van der Waals surface area contributed by atoms with E-state index in [9.17, 15) is 18.0 Å². The van der Waals surface area contributed by atoms with E-state index in [-0.39, 0.29) is 6.54 Å². The summed E-state index contributed by atoms with van der Waals surface area (Å²) in [6.45, 7) is 0.724. The van der Waals surface area contributed by atoms with E-state index in [4.69, 9.17) is 5.73 Å². The molecular weight excluding hydrogens is 281 g/mol. The number of carbonyl (C=O) groups is 1. The molecule has 0 atom stereocenters. The van der Waals surface area contributed by atoms with Crippen molar-refractivity contribution in [3.05, 3.63) is 35.9 Å². The number of halogens is 3. The molecule has 0 saturated heterocycles. The van der Waals surface area contributed by atoms with E-state index in [2.05, 4.69) is 0 Å². The van der Waals surface area contributed by atoms with Crippen molar-refractivity contribution >= 4 is 17.7 Å². The van der Waals surface area contributed by atoms with Crippen LogP contribution in [0.3, 0.4) is 0 Å². The summed E-state index contributed by atoms with van der Waals surface area (Å²) in [6.07, 6.45) is -0.521. The van der Waals surface area contributed by atoms with Crippen LogP contribution in [-0.4, -0.2) is 30.1 Å². The molecule has 0 spiro atoms. The van der Waals surface area contributed by atoms with Crippen molar-refractivity contribution < 1.29 is 18.0 Å². The lowest BCUT2D eigenvalue weighted by Gasteiger charge is -2.22. The summed E-state index contributed by atoms with van der Waals surface area (Å²) in [5, 5.41) is 0. The van der Waals surface area contributed by atoms with Crippen LogP contribution in [0.15, 0.2) is 30.3 Å². The largest absolute Gasteiger partial charge is 0.406 e. The minimum atomic E-state index is -4.39. The van der Waals surface area contributed by atoms with Gasteiger partial charge in [-0.15, -0.1) is 0 Å². The fraction of sp³-hybridized carbons (Fsp3) is 0.400. The first-order valence-electron chi connectivity index (χ1n) is 6.71. The molecule has 0 radical (unpaired) electrons. The van der Waals surface area contributed by atoms with E-state index in [1.807, 2.05) is 6.92 Å². The maximum absolute atomic E-state index is 12.5. The molecule has 116 valence electrons. The molecular formula is C15H19F3N2O. The lowest BCUT2D eigenvalue weighted by Crippen LogP contribution is -2.38. The van der Waals surface area contributed by atoms with Crippen molar-refractivity contribution in [1.29, 1.82) is 0 Å². The monoisotopic (exact) mass is 300 g/mol. The Labute approximate surface area is 122 Å². The zero-order valence-corrected chi connectivity index (χ0v) is 11.9. The summed E-state index contributed by atoms with van der Waals surface area (Å²) in [5.74, 6) is -0.650. The zero-order valence-electron chi connectivity index (χ0n) is 11.9. The van der Waals surface area contributed by atoms with Crippen molar-refractivity contribution in [3.8, 4) is 0 Å². The summed E-state index contributed by atoms with van der Waals surface area (Å²) in [7, 11) is 0. The lowest BCUT2D eigenvalue weighted by atomic mass is 10.2. The van der Waals surface area contributed by atoms with Crippen LogP contribution < -0.4 is 5.73 Å². The maximum atomic E-state index is 12.5. The first kappa shape index (κ1) is 17.1. The van der Waals surface area contributed by atoms with Crippen LogP contribution in [-0.2, 0) is 4.79 Å². The Morgan fingerprint density at radius 2 is 2.10 bits per heavy atom. The number of nitrogens with zero attached hydrogens (tertiary/aromatic N) is 1. The lowest BCUT2D eigenvalue weighted by molar-refractivity contribution is -0.158. The molecule has 2 N–H and O–H groups in total. The number of benzene rings is 1. The van der Waals surface area contributed by atoms with Gasteiger partial charge < -0.3 is 10.6 Å². The smallest absolute Gasteiger partial charge is 0.399 e. The van der Waals surface area contributed by atoms with Crippen molar-refractivity contribution in [2.24, 2.45) is 0 Å². The van der Waals surface area contributed by atoms with Gasteiger partial charge in [0.15, 0.2) is 0 Å². The summed E-state index contributed by atoms with van der Waals surface area (Å²) in [4.78, 5) is 12.7. The number of rotatable bonds is 6. The predicted molar refractivity (Wildman–Crippen MR) is 77.4 cm³/mol. The number of hydrogen-bond donors (Lipinski definition) is 1. The molecule has 1 amide bonds. The number of unbranched alkanes of at least 4 members (excludes halogenated alkanes) is 1. The van der Waals surface area contributed by atoms with Gasteiger partial charge in [-0.3, -0.25) is 4.79 Å². The number of anilines is 1.